The van der Waals surface area contributed by atoms with E-state index >= 15 is 0 Å². The number of nitrogens with two attached hydrogens (primary N) is 1. The van der Waals surface area contributed by atoms with Crippen LogP contribution in [0.15, 0.2) is 36.8 Å². The van der Waals surface area contributed by atoms with Crippen molar-refractivity contribution >= 4 is 40.4 Å². The molecule has 0 amide bonds. The Balaban J connectivity index is 1.49. The van der Waals surface area contributed by atoms with Gasteiger partial charge in [0.2, 0.25) is 5.95 Å². The number of nitrogens with one attached hydrogen (secondary N) is 2. The molecule has 1 saturated heterocycles. The molecule has 0 radical (unpaired) electrons. The van der Waals surface area contributed by atoms with E-state index in [1.165, 1.54) is 18.3 Å². The molecule has 0 saturated carbocycles. The molecule has 10 heteroatoms. The van der Waals surface area contributed by atoms with Crippen LogP contribution >= 0.6 is 11.6 Å². The van der Waals surface area contributed by atoms with Crippen LogP contribution in [0.5, 0.6) is 0 Å². The third-order valence-electron chi connectivity index (χ3n) is 4.42. The highest BCUT2D eigenvalue weighted by Crippen LogP contribution is 2.26. The summed E-state index contributed by atoms with van der Waals surface area (Å²) in [5, 5.41) is 10.5. The number of ether oxygens (including phenoxy) is 1. The van der Waals surface area contributed by atoms with Gasteiger partial charge in [0.1, 0.15) is 5.82 Å². The molecular formula is C18H19ClFN7O. The van der Waals surface area contributed by atoms with Gasteiger partial charge < -0.3 is 21.1 Å². The lowest BCUT2D eigenvalue weighted by Crippen LogP contribution is -2.19. The van der Waals surface area contributed by atoms with E-state index in [0.29, 0.717) is 29.2 Å². The monoisotopic (exact) mass is 403 g/mol. The number of rotatable bonds is 5. The van der Waals surface area contributed by atoms with Crippen LogP contribution in [0.3, 0.4) is 0 Å². The molecule has 1 aliphatic heterocycles. The van der Waals surface area contributed by atoms with E-state index < -0.39 is 5.82 Å². The van der Waals surface area contributed by atoms with Crippen LogP contribution < -0.4 is 16.4 Å². The minimum atomic E-state index is -0.529. The molecule has 0 atom stereocenters. The Kier molecular flexibility index (Phi) is 5.27. The van der Waals surface area contributed by atoms with Crippen LogP contribution in [0.1, 0.15) is 18.9 Å². The maximum atomic E-state index is 13.6. The lowest BCUT2D eigenvalue weighted by Gasteiger charge is -2.22. The third-order valence-corrected chi connectivity index (χ3v) is 4.73. The van der Waals surface area contributed by atoms with Crippen molar-refractivity contribution in [1.82, 2.24) is 19.7 Å². The molecule has 1 aliphatic rings. The minimum Gasteiger partial charge on any atom is -0.394 e. The summed E-state index contributed by atoms with van der Waals surface area (Å²) >= 11 is 5.71. The minimum absolute atomic E-state index is 0.0464. The Bertz CT molecular complexity index is 974. The van der Waals surface area contributed by atoms with Crippen LogP contribution in [0.25, 0.3) is 0 Å². The second kappa shape index (κ2) is 7.99. The first-order valence-corrected chi connectivity index (χ1v) is 9.20. The molecule has 3 heterocycles. The van der Waals surface area contributed by atoms with E-state index in [1.54, 1.807) is 12.3 Å². The lowest BCUT2D eigenvalue weighted by atomic mass is 10.1. The highest BCUT2D eigenvalue weighted by Gasteiger charge is 2.17. The number of anilines is 5. The van der Waals surface area contributed by atoms with Crippen molar-refractivity contribution in [1.29, 1.82) is 0 Å². The SMILES string of the molecule is Nc1cnc(Nc2cnn(C3CCOCC3)c2)nc1Nc1ccc(Cl)c(F)c1. The molecular weight excluding hydrogens is 385 g/mol. The summed E-state index contributed by atoms with van der Waals surface area (Å²) in [6.07, 6.45) is 6.98. The van der Waals surface area contributed by atoms with E-state index in [1.807, 2.05) is 10.9 Å². The normalized spacial score (nSPS) is 14.8. The third kappa shape index (κ3) is 4.15. The fourth-order valence-electron chi connectivity index (χ4n) is 2.94. The highest BCUT2D eigenvalue weighted by atomic mass is 35.5. The molecule has 0 bridgehead atoms. The fourth-order valence-corrected chi connectivity index (χ4v) is 3.06. The zero-order chi connectivity index (χ0) is 19.5. The van der Waals surface area contributed by atoms with Gasteiger partial charge in [-0.05, 0) is 31.0 Å². The van der Waals surface area contributed by atoms with Gasteiger partial charge >= 0.3 is 0 Å². The van der Waals surface area contributed by atoms with Gasteiger partial charge in [0.15, 0.2) is 5.82 Å². The van der Waals surface area contributed by atoms with E-state index in [-0.39, 0.29) is 5.02 Å². The number of nitrogens with zero attached hydrogens (tertiary/aromatic N) is 4. The number of halogens is 2. The van der Waals surface area contributed by atoms with E-state index in [9.17, 15) is 4.39 Å². The van der Waals surface area contributed by atoms with Gasteiger partial charge in [-0.15, -0.1) is 0 Å². The molecule has 8 nitrogen and oxygen atoms in total. The number of hydrogen-bond donors (Lipinski definition) is 3. The van der Waals surface area contributed by atoms with Gasteiger partial charge in [-0.2, -0.15) is 10.1 Å². The zero-order valence-corrected chi connectivity index (χ0v) is 15.7. The van der Waals surface area contributed by atoms with Crippen LogP contribution in [0.2, 0.25) is 5.02 Å². The summed E-state index contributed by atoms with van der Waals surface area (Å²) in [4.78, 5) is 8.56. The van der Waals surface area contributed by atoms with Crippen molar-refractivity contribution in [3.05, 3.63) is 47.6 Å². The summed E-state index contributed by atoms with van der Waals surface area (Å²) < 4.78 is 21.0. The Morgan fingerprint density at radius 1 is 1.18 bits per heavy atom. The van der Waals surface area contributed by atoms with E-state index in [4.69, 9.17) is 22.1 Å². The largest absolute Gasteiger partial charge is 0.394 e. The quantitative estimate of drug-likeness (QED) is 0.593. The molecule has 1 fully saturated rings. The Hall–Kier alpha value is -2.91. The first-order valence-electron chi connectivity index (χ1n) is 8.82. The van der Waals surface area contributed by atoms with Crippen molar-refractivity contribution < 1.29 is 9.13 Å². The molecule has 2 aromatic heterocycles. The molecule has 1 aromatic carbocycles. The summed E-state index contributed by atoms with van der Waals surface area (Å²) in [5.74, 6) is 0.173. The van der Waals surface area contributed by atoms with Crippen LogP contribution in [-0.2, 0) is 4.74 Å². The summed E-state index contributed by atoms with van der Waals surface area (Å²) in [6, 6.07) is 4.70. The number of aromatic nitrogens is 4. The van der Waals surface area contributed by atoms with Crippen molar-refractivity contribution in [2.45, 2.75) is 18.9 Å². The first kappa shape index (κ1) is 18.5. The molecule has 3 aromatic rings. The predicted octanol–water partition coefficient (Wildman–Crippen LogP) is 3.89. The average molecular weight is 404 g/mol. The van der Waals surface area contributed by atoms with Gasteiger partial charge in [0.25, 0.3) is 0 Å². The van der Waals surface area contributed by atoms with Crippen molar-refractivity contribution in [3.8, 4) is 0 Å². The van der Waals surface area contributed by atoms with Gasteiger partial charge in [-0.3, -0.25) is 4.68 Å². The molecule has 146 valence electrons. The fraction of sp³-hybridized carbons (Fsp3) is 0.278. The Morgan fingerprint density at radius 2 is 2.00 bits per heavy atom. The molecule has 28 heavy (non-hydrogen) atoms. The predicted molar refractivity (Wildman–Crippen MR) is 106 cm³/mol. The highest BCUT2D eigenvalue weighted by molar-refractivity contribution is 6.30. The van der Waals surface area contributed by atoms with Crippen molar-refractivity contribution in [2.24, 2.45) is 0 Å². The van der Waals surface area contributed by atoms with Gasteiger partial charge in [-0.1, -0.05) is 11.6 Å². The molecule has 4 N–H and O–H groups in total. The van der Waals surface area contributed by atoms with Gasteiger partial charge in [0, 0.05) is 25.1 Å². The summed E-state index contributed by atoms with van der Waals surface area (Å²) in [6.45, 7) is 1.49. The Morgan fingerprint density at radius 3 is 2.79 bits per heavy atom. The van der Waals surface area contributed by atoms with Crippen LogP contribution in [0, 0.1) is 5.82 Å². The zero-order valence-electron chi connectivity index (χ0n) is 14.9. The first-order chi connectivity index (χ1) is 13.6. The molecule has 0 unspecified atom stereocenters. The van der Waals surface area contributed by atoms with Crippen LogP contribution in [-0.4, -0.2) is 33.0 Å². The maximum Gasteiger partial charge on any atom is 0.229 e. The second-order valence-corrected chi connectivity index (χ2v) is 6.84. The second-order valence-electron chi connectivity index (χ2n) is 6.43. The molecule has 0 spiro atoms. The average Bonchev–Trinajstić information content (AvgIpc) is 3.16. The molecule has 4 rings (SSSR count). The number of benzene rings is 1. The van der Waals surface area contributed by atoms with Crippen LogP contribution in [0.4, 0.5) is 33.2 Å². The molecule has 0 aliphatic carbocycles. The van der Waals surface area contributed by atoms with Crippen molar-refractivity contribution in [3.63, 3.8) is 0 Å². The van der Waals surface area contributed by atoms with Crippen molar-refractivity contribution in [2.75, 3.05) is 29.6 Å². The maximum absolute atomic E-state index is 13.6. The number of hydrogen-bond acceptors (Lipinski definition) is 7. The van der Waals surface area contributed by atoms with Gasteiger partial charge in [0.05, 0.1) is 34.8 Å². The smallest absolute Gasteiger partial charge is 0.229 e. The Labute approximate surface area is 165 Å². The van der Waals surface area contributed by atoms with E-state index in [2.05, 4.69) is 25.7 Å². The summed E-state index contributed by atoms with van der Waals surface area (Å²) in [7, 11) is 0. The standard InChI is InChI=1S/C18H19ClFN7O/c19-14-2-1-11(7-15(14)20)24-17-16(21)9-22-18(26-17)25-12-8-23-27(10-12)13-3-5-28-6-4-13/h1-2,7-10,13H,3-6,21H2,(H2,22,24,25,26). The van der Waals surface area contributed by atoms with Gasteiger partial charge in [-0.25, -0.2) is 9.37 Å². The van der Waals surface area contributed by atoms with E-state index in [0.717, 1.165) is 31.7 Å². The number of nitrogen functional groups attached to an aromatic ring is 1. The lowest BCUT2D eigenvalue weighted by molar-refractivity contribution is 0.0662. The topological polar surface area (TPSA) is 103 Å². The summed E-state index contributed by atoms with van der Waals surface area (Å²) in [5.41, 5.74) is 7.51.